The zero-order valence-corrected chi connectivity index (χ0v) is 10.3. The summed E-state index contributed by atoms with van der Waals surface area (Å²) in [5, 5.41) is 0.406. The van der Waals surface area contributed by atoms with Crippen LogP contribution in [0, 0.1) is 5.92 Å². The molecule has 0 aliphatic carbocycles. The summed E-state index contributed by atoms with van der Waals surface area (Å²) in [4.78, 5) is 8.16. The average molecular weight is 249 g/mol. The lowest BCUT2D eigenvalue weighted by atomic mass is 10.2. The first-order chi connectivity index (χ1) is 7.11. The monoisotopic (exact) mass is 248 g/mol. The zero-order chi connectivity index (χ0) is 11.3. The summed E-state index contributed by atoms with van der Waals surface area (Å²) in [5.41, 5.74) is 0.770. The van der Waals surface area contributed by atoms with E-state index in [2.05, 4.69) is 23.8 Å². The molecule has 5 heteroatoms. The molecular weight excluding hydrogens is 235 g/mol. The molecular formula is C10H14Cl2N2O. The van der Waals surface area contributed by atoms with Gasteiger partial charge >= 0.3 is 0 Å². The van der Waals surface area contributed by atoms with Crippen molar-refractivity contribution < 1.29 is 4.74 Å². The van der Waals surface area contributed by atoms with Gasteiger partial charge in [-0.2, -0.15) is 0 Å². The van der Waals surface area contributed by atoms with Crippen LogP contribution in [0.1, 0.15) is 25.4 Å². The van der Waals surface area contributed by atoms with E-state index in [0.717, 1.165) is 5.69 Å². The summed E-state index contributed by atoms with van der Waals surface area (Å²) in [6.45, 7) is 5.34. The first-order valence-corrected chi connectivity index (χ1v) is 5.69. The van der Waals surface area contributed by atoms with E-state index in [1.165, 1.54) is 0 Å². The molecule has 0 atom stereocenters. The molecule has 0 unspecified atom stereocenters. The fraction of sp³-hybridized carbons (Fsp3) is 0.600. The second kappa shape index (κ2) is 6.26. The summed E-state index contributed by atoms with van der Waals surface area (Å²) in [7, 11) is 0. The molecule has 3 nitrogen and oxygen atoms in total. The molecule has 0 aliphatic rings. The number of aromatic nitrogens is 2. The highest BCUT2D eigenvalue weighted by Gasteiger charge is 2.03. The van der Waals surface area contributed by atoms with Crippen LogP contribution in [0.2, 0.25) is 5.15 Å². The zero-order valence-electron chi connectivity index (χ0n) is 8.83. The molecule has 84 valence electrons. The Morgan fingerprint density at radius 2 is 2.13 bits per heavy atom. The van der Waals surface area contributed by atoms with Crippen LogP contribution >= 0.6 is 23.2 Å². The van der Waals surface area contributed by atoms with Gasteiger partial charge in [0, 0.05) is 6.61 Å². The molecule has 0 amide bonds. The van der Waals surface area contributed by atoms with Gasteiger partial charge in [0.2, 0.25) is 0 Å². The Morgan fingerprint density at radius 1 is 1.40 bits per heavy atom. The van der Waals surface area contributed by atoms with Crippen LogP contribution in [0.4, 0.5) is 0 Å². The molecule has 1 heterocycles. The van der Waals surface area contributed by atoms with Gasteiger partial charge in [-0.25, -0.2) is 9.97 Å². The molecule has 0 bridgehead atoms. The Hall–Kier alpha value is -0.380. The normalized spacial score (nSPS) is 11.0. The molecule has 0 N–H and O–H groups in total. The van der Waals surface area contributed by atoms with Crippen LogP contribution in [-0.4, -0.2) is 16.6 Å². The van der Waals surface area contributed by atoms with Crippen molar-refractivity contribution in [3.8, 4) is 0 Å². The lowest BCUT2D eigenvalue weighted by molar-refractivity contribution is 0.0946. The van der Waals surface area contributed by atoms with E-state index in [1.54, 1.807) is 6.07 Å². The first-order valence-electron chi connectivity index (χ1n) is 4.78. The molecule has 0 aliphatic heterocycles. The van der Waals surface area contributed by atoms with E-state index in [0.29, 0.717) is 30.1 Å². The van der Waals surface area contributed by atoms with Gasteiger partial charge in [0.1, 0.15) is 11.0 Å². The maximum Gasteiger partial charge on any atom is 0.145 e. The van der Waals surface area contributed by atoms with Crippen molar-refractivity contribution in [2.24, 2.45) is 5.92 Å². The molecule has 0 radical (unpaired) electrons. The van der Waals surface area contributed by atoms with Crippen LogP contribution in [-0.2, 0) is 17.2 Å². The van der Waals surface area contributed by atoms with E-state index in [4.69, 9.17) is 27.9 Å². The SMILES string of the molecule is CC(C)COCc1cc(Cl)nc(CCl)n1. The predicted molar refractivity (Wildman–Crippen MR) is 61.1 cm³/mol. The second-order valence-electron chi connectivity index (χ2n) is 3.64. The van der Waals surface area contributed by atoms with Crippen LogP contribution in [0.3, 0.4) is 0 Å². The molecule has 15 heavy (non-hydrogen) atoms. The smallest absolute Gasteiger partial charge is 0.145 e. The van der Waals surface area contributed by atoms with E-state index >= 15 is 0 Å². The summed E-state index contributed by atoms with van der Waals surface area (Å²) in [5.74, 6) is 1.31. The van der Waals surface area contributed by atoms with Gasteiger partial charge in [0.15, 0.2) is 0 Å². The largest absolute Gasteiger partial charge is 0.375 e. The van der Waals surface area contributed by atoms with Crippen molar-refractivity contribution in [1.82, 2.24) is 9.97 Å². The number of nitrogens with zero attached hydrogens (tertiary/aromatic N) is 2. The minimum atomic E-state index is 0.262. The highest BCUT2D eigenvalue weighted by atomic mass is 35.5. The van der Waals surface area contributed by atoms with Crippen LogP contribution in [0.25, 0.3) is 0 Å². The molecule has 0 saturated carbocycles. The maximum absolute atomic E-state index is 5.80. The minimum absolute atomic E-state index is 0.262. The molecule has 1 aromatic rings. The van der Waals surface area contributed by atoms with E-state index in [9.17, 15) is 0 Å². The number of halogens is 2. The second-order valence-corrected chi connectivity index (χ2v) is 4.30. The fourth-order valence-electron chi connectivity index (χ4n) is 1.05. The summed E-state index contributed by atoms with van der Waals surface area (Å²) in [6, 6.07) is 1.69. The number of alkyl halides is 1. The fourth-order valence-corrected chi connectivity index (χ4v) is 1.39. The number of hydrogen-bond donors (Lipinski definition) is 0. The summed E-state index contributed by atoms with van der Waals surface area (Å²) in [6.07, 6.45) is 0. The Morgan fingerprint density at radius 3 is 2.73 bits per heavy atom. The molecule has 0 spiro atoms. The third kappa shape index (κ3) is 4.78. The molecule has 0 aromatic carbocycles. The van der Waals surface area contributed by atoms with Crippen molar-refractivity contribution in [1.29, 1.82) is 0 Å². The van der Waals surface area contributed by atoms with Crippen LogP contribution in [0.15, 0.2) is 6.07 Å². The maximum atomic E-state index is 5.80. The highest BCUT2D eigenvalue weighted by Crippen LogP contribution is 2.10. The Kier molecular flexibility index (Phi) is 5.29. The van der Waals surface area contributed by atoms with Crippen molar-refractivity contribution in [2.45, 2.75) is 26.3 Å². The van der Waals surface area contributed by atoms with Gasteiger partial charge < -0.3 is 4.74 Å². The topological polar surface area (TPSA) is 35.0 Å². The van der Waals surface area contributed by atoms with Gasteiger partial charge in [-0.3, -0.25) is 0 Å². The summed E-state index contributed by atoms with van der Waals surface area (Å²) < 4.78 is 5.44. The summed E-state index contributed by atoms with van der Waals surface area (Å²) >= 11 is 11.4. The highest BCUT2D eigenvalue weighted by molar-refractivity contribution is 6.29. The third-order valence-corrected chi connectivity index (χ3v) is 2.05. The van der Waals surface area contributed by atoms with Crippen molar-refractivity contribution >= 4 is 23.2 Å². The average Bonchev–Trinajstić information content (AvgIpc) is 2.16. The Bertz CT molecular complexity index is 318. The number of hydrogen-bond acceptors (Lipinski definition) is 3. The molecule has 0 fully saturated rings. The van der Waals surface area contributed by atoms with E-state index < -0.39 is 0 Å². The van der Waals surface area contributed by atoms with Gasteiger partial charge in [-0.15, -0.1) is 11.6 Å². The molecule has 0 saturated heterocycles. The Balaban J connectivity index is 2.56. The van der Waals surface area contributed by atoms with Crippen LogP contribution < -0.4 is 0 Å². The number of ether oxygens (including phenoxy) is 1. The van der Waals surface area contributed by atoms with E-state index in [-0.39, 0.29) is 5.88 Å². The van der Waals surface area contributed by atoms with Gasteiger partial charge in [-0.05, 0) is 12.0 Å². The standard InChI is InChI=1S/C10H14Cl2N2O/c1-7(2)5-15-6-8-3-9(12)14-10(4-11)13-8/h3,7H,4-6H2,1-2H3. The van der Waals surface area contributed by atoms with Crippen molar-refractivity contribution in [3.05, 3.63) is 22.7 Å². The van der Waals surface area contributed by atoms with Crippen molar-refractivity contribution in [2.75, 3.05) is 6.61 Å². The van der Waals surface area contributed by atoms with Crippen molar-refractivity contribution in [3.63, 3.8) is 0 Å². The number of rotatable bonds is 5. The molecule has 1 aromatic heterocycles. The molecule has 1 rings (SSSR count). The quantitative estimate of drug-likeness (QED) is 0.594. The van der Waals surface area contributed by atoms with Gasteiger partial charge in [-0.1, -0.05) is 25.4 Å². The predicted octanol–water partition coefficient (Wildman–Crippen LogP) is 3.04. The lowest BCUT2D eigenvalue weighted by Crippen LogP contribution is -2.05. The van der Waals surface area contributed by atoms with Gasteiger partial charge in [0.25, 0.3) is 0 Å². The lowest BCUT2D eigenvalue weighted by Gasteiger charge is -2.07. The third-order valence-electron chi connectivity index (χ3n) is 1.61. The Labute approximate surface area is 99.8 Å². The van der Waals surface area contributed by atoms with E-state index in [1.807, 2.05) is 0 Å². The van der Waals surface area contributed by atoms with Crippen LogP contribution in [0.5, 0.6) is 0 Å². The minimum Gasteiger partial charge on any atom is -0.375 e. The first kappa shape index (κ1) is 12.7. The van der Waals surface area contributed by atoms with Gasteiger partial charge in [0.05, 0.1) is 18.2 Å².